The molecule has 6 heteroatoms. The van der Waals surface area contributed by atoms with Crippen molar-refractivity contribution in [1.82, 2.24) is 9.80 Å². The Morgan fingerprint density at radius 2 is 1.50 bits per heavy atom. The third-order valence-electron chi connectivity index (χ3n) is 5.26. The van der Waals surface area contributed by atoms with E-state index in [9.17, 15) is 9.59 Å². The summed E-state index contributed by atoms with van der Waals surface area (Å²) in [4.78, 5) is 28.6. The molecule has 5 nitrogen and oxygen atoms in total. The Morgan fingerprint density at radius 3 is 2.13 bits per heavy atom. The summed E-state index contributed by atoms with van der Waals surface area (Å²) < 4.78 is 0. The summed E-state index contributed by atoms with van der Waals surface area (Å²) in [5.41, 5.74) is 3.02. The number of thioether (sulfide) groups is 1. The van der Waals surface area contributed by atoms with Crippen molar-refractivity contribution in [3.8, 4) is 6.07 Å². The molecule has 0 aromatic heterocycles. The number of rotatable bonds is 8. The molecule has 0 unspecified atom stereocenters. The van der Waals surface area contributed by atoms with Gasteiger partial charge < -0.3 is 9.80 Å². The monoisotopic (exact) mass is 421 g/mol. The van der Waals surface area contributed by atoms with Crippen LogP contribution in [-0.2, 0) is 21.8 Å². The summed E-state index contributed by atoms with van der Waals surface area (Å²) in [6.07, 6.45) is 2.33. The lowest BCUT2D eigenvalue weighted by Gasteiger charge is -2.35. The minimum atomic E-state index is 0.129. The van der Waals surface area contributed by atoms with Crippen molar-refractivity contribution in [2.45, 2.75) is 25.0 Å². The second kappa shape index (κ2) is 11.4. The zero-order valence-electron chi connectivity index (χ0n) is 17.1. The van der Waals surface area contributed by atoms with Gasteiger partial charge in [-0.25, -0.2) is 0 Å². The van der Waals surface area contributed by atoms with Gasteiger partial charge in [-0.1, -0.05) is 42.5 Å². The molecule has 0 atom stereocenters. The summed E-state index contributed by atoms with van der Waals surface area (Å²) in [6.45, 7) is 2.47. The largest absolute Gasteiger partial charge is 0.339 e. The summed E-state index contributed by atoms with van der Waals surface area (Å²) in [7, 11) is 0. The molecule has 0 N–H and O–H groups in total. The standard InChI is InChI=1S/C24H27N3O2S/c25-17-21-9-11-22(12-10-21)18-30-19-24(29)27-15-13-26(14-16-27)23(28)8-4-7-20-5-2-1-3-6-20/h1-3,5-6,9-12H,4,7-8,13-16,18-19H2. The molecule has 2 aromatic carbocycles. The number of aryl methyl sites for hydroxylation is 1. The molecule has 1 aliphatic rings. The van der Waals surface area contributed by atoms with Crippen molar-refractivity contribution in [2.75, 3.05) is 31.9 Å². The van der Waals surface area contributed by atoms with Crippen LogP contribution < -0.4 is 0 Å². The number of benzene rings is 2. The lowest BCUT2D eigenvalue weighted by atomic mass is 10.1. The highest BCUT2D eigenvalue weighted by Gasteiger charge is 2.23. The first-order valence-corrected chi connectivity index (χ1v) is 11.5. The van der Waals surface area contributed by atoms with Crippen LogP contribution in [0.25, 0.3) is 0 Å². The Labute approximate surface area is 182 Å². The maximum absolute atomic E-state index is 12.5. The highest BCUT2D eigenvalue weighted by Crippen LogP contribution is 2.15. The van der Waals surface area contributed by atoms with Crippen LogP contribution in [0.15, 0.2) is 54.6 Å². The quantitative estimate of drug-likeness (QED) is 0.655. The number of hydrogen-bond acceptors (Lipinski definition) is 4. The normalized spacial score (nSPS) is 13.7. The fraction of sp³-hybridized carbons (Fsp3) is 0.375. The van der Waals surface area contributed by atoms with Gasteiger partial charge in [-0.05, 0) is 36.1 Å². The molecule has 2 amide bonds. The molecule has 2 aromatic rings. The summed E-state index contributed by atoms with van der Waals surface area (Å²) in [5.74, 6) is 1.50. The topological polar surface area (TPSA) is 64.4 Å². The van der Waals surface area contributed by atoms with Crippen LogP contribution in [-0.4, -0.2) is 53.5 Å². The SMILES string of the molecule is N#Cc1ccc(CSCC(=O)N2CCN(C(=O)CCCc3ccccc3)CC2)cc1. The molecular weight excluding hydrogens is 394 g/mol. The summed E-state index contributed by atoms with van der Waals surface area (Å²) in [5, 5.41) is 8.83. The molecular formula is C24H27N3O2S. The number of nitrogens with zero attached hydrogens (tertiary/aromatic N) is 3. The van der Waals surface area contributed by atoms with Crippen LogP contribution in [0.4, 0.5) is 0 Å². The van der Waals surface area contributed by atoms with Crippen molar-refractivity contribution < 1.29 is 9.59 Å². The van der Waals surface area contributed by atoms with E-state index >= 15 is 0 Å². The van der Waals surface area contributed by atoms with Gasteiger partial charge in [0.25, 0.3) is 0 Å². The van der Waals surface area contributed by atoms with E-state index in [1.807, 2.05) is 40.1 Å². The van der Waals surface area contributed by atoms with E-state index in [1.54, 1.807) is 23.9 Å². The molecule has 1 saturated heterocycles. The van der Waals surface area contributed by atoms with Crippen molar-refractivity contribution in [3.05, 3.63) is 71.3 Å². The van der Waals surface area contributed by atoms with Gasteiger partial charge in [-0.3, -0.25) is 9.59 Å². The zero-order chi connectivity index (χ0) is 21.2. The van der Waals surface area contributed by atoms with Crippen LogP contribution in [0.3, 0.4) is 0 Å². The molecule has 0 radical (unpaired) electrons. The number of amides is 2. The smallest absolute Gasteiger partial charge is 0.232 e. The average Bonchev–Trinajstić information content (AvgIpc) is 2.80. The molecule has 1 fully saturated rings. The Morgan fingerprint density at radius 1 is 0.867 bits per heavy atom. The van der Waals surface area contributed by atoms with Gasteiger partial charge in [0.15, 0.2) is 0 Å². The van der Waals surface area contributed by atoms with E-state index in [4.69, 9.17) is 5.26 Å². The highest BCUT2D eigenvalue weighted by molar-refractivity contribution is 7.99. The van der Waals surface area contributed by atoms with Crippen LogP contribution in [0.2, 0.25) is 0 Å². The second-order valence-electron chi connectivity index (χ2n) is 7.40. The fourth-order valence-corrected chi connectivity index (χ4v) is 4.36. The molecule has 30 heavy (non-hydrogen) atoms. The van der Waals surface area contributed by atoms with E-state index < -0.39 is 0 Å². The van der Waals surface area contributed by atoms with Crippen molar-refractivity contribution in [1.29, 1.82) is 5.26 Å². The molecule has 0 aliphatic carbocycles. The van der Waals surface area contributed by atoms with Crippen LogP contribution in [0.1, 0.15) is 29.5 Å². The van der Waals surface area contributed by atoms with Crippen molar-refractivity contribution in [3.63, 3.8) is 0 Å². The first kappa shape index (κ1) is 21.9. The van der Waals surface area contributed by atoms with E-state index in [0.717, 1.165) is 24.2 Å². The Balaban J connectivity index is 1.32. The highest BCUT2D eigenvalue weighted by atomic mass is 32.2. The maximum Gasteiger partial charge on any atom is 0.232 e. The molecule has 0 spiro atoms. The lowest BCUT2D eigenvalue weighted by molar-refractivity contribution is -0.138. The molecule has 0 bridgehead atoms. The third kappa shape index (κ3) is 6.64. The molecule has 0 saturated carbocycles. The minimum absolute atomic E-state index is 0.129. The Kier molecular flexibility index (Phi) is 8.34. The van der Waals surface area contributed by atoms with Crippen LogP contribution >= 0.6 is 11.8 Å². The average molecular weight is 422 g/mol. The van der Waals surface area contributed by atoms with Crippen molar-refractivity contribution >= 4 is 23.6 Å². The van der Waals surface area contributed by atoms with Crippen LogP contribution in [0, 0.1) is 11.3 Å². The minimum Gasteiger partial charge on any atom is -0.339 e. The predicted octanol–water partition coefficient (Wildman–Crippen LogP) is 3.49. The second-order valence-corrected chi connectivity index (χ2v) is 8.39. The van der Waals surface area contributed by atoms with Crippen LogP contribution in [0.5, 0.6) is 0 Å². The van der Waals surface area contributed by atoms with Gasteiger partial charge in [-0.15, -0.1) is 11.8 Å². The van der Waals surface area contributed by atoms with E-state index in [-0.39, 0.29) is 11.8 Å². The third-order valence-corrected chi connectivity index (χ3v) is 6.25. The Hall–Kier alpha value is -2.78. The number of carbonyl (C=O) groups is 2. The summed E-state index contributed by atoms with van der Waals surface area (Å²) in [6, 6.07) is 19.8. The van der Waals surface area contributed by atoms with E-state index in [2.05, 4.69) is 18.2 Å². The molecule has 3 rings (SSSR count). The lowest BCUT2D eigenvalue weighted by Crippen LogP contribution is -2.51. The Bertz CT molecular complexity index is 870. The molecule has 1 aliphatic heterocycles. The van der Waals surface area contributed by atoms with E-state index in [0.29, 0.717) is 43.9 Å². The van der Waals surface area contributed by atoms with Gasteiger partial charge >= 0.3 is 0 Å². The van der Waals surface area contributed by atoms with Gasteiger partial charge in [0.1, 0.15) is 0 Å². The zero-order valence-corrected chi connectivity index (χ0v) is 17.9. The molecule has 1 heterocycles. The van der Waals surface area contributed by atoms with Crippen molar-refractivity contribution in [2.24, 2.45) is 0 Å². The van der Waals surface area contributed by atoms with Gasteiger partial charge in [0.2, 0.25) is 11.8 Å². The number of carbonyl (C=O) groups excluding carboxylic acids is 2. The van der Waals surface area contributed by atoms with E-state index in [1.165, 1.54) is 5.56 Å². The maximum atomic E-state index is 12.5. The van der Waals surface area contributed by atoms with Gasteiger partial charge in [0, 0.05) is 38.4 Å². The number of hydrogen-bond donors (Lipinski definition) is 0. The fourth-order valence-electron chi connectivity index (χ4n) is 3.47. The first-order chi connectivity index (χ1) is 14.7. The van der Waals surface area contributed by atoms with Gasteiger partial charge in [-0.2, -0.15) is 5.26 Å². The number of nitriles is 1. The summed E-state index contributed by atoms with van der Waals surface area (Å²) >= 11 is 1.58. The predicted molar refractivity (Wildman–Crippen MR) is 120 cm³/mol. The first-order valence-electron chi connectivity index (χ1n) is 10.3. The molecule has 156 valence electrons. The number of piperazine rings is 1. The van der Waals surface area contributed by atoms with Gasteiger partial charge in [0.05, 0.1) is 17.4 Å².